The minimum Gasteiger partial charge on any atom is -0.507 e. The molecule has 5 rings (SSSR count). The van der Waals surface area contributed by atoms with Gasteiger partial charge in [0.2, 0.25) is 0 Å². The van der Waals surface area contributed by atoms with E-state index in [0.717, 1.165) is 32.7 Å². The lowest BCUT2D eigenvalue weighted by atomic mass is 9.97. The number of hydrogen-bond donors (Lipinski definition) is 1. The predicted molar refractivity (Wildman–Crippen MR) is 120 cm³/mol. The Morgan fingerprint density at radius 3 is 2.17 bits per heavy atom. The van der Waals surface area contributed by atoms with Crippen LogP contribution < -0.4 is 4.74 Å². The number of rotatable bonds is 3. The normalized spacial score (nSPS) is 10.9. The van der Waals surface area contributed by atoms with E-state index in [4.69, 9.17) is 4.74 Å². The van der Waals surface area contributed by atoms with Gasteiger partial charge >= 0.3 is 5.97 Å². The number of ether oxygens (including phenoxy) is 1. The van der Waals surface area contributed by atoms with Crippen LogP contribution in [0, 0.1) is 0 Å². The third kappa shape index (κ3) is 3.16. The highest BCUT2D eigenvalue weighted by molar-refractivity contribution is 6.01. The largest absolute Gasteiger partial charge is 0.507 e. The van der Waals surface area contributed by atoms with Crippen molar-refractivity contribution in [1.29, 1.82) is 0 Å². The fraction of sp³-hybridized carbons (Fsp3) is 0. The Balaban J connectivity index is 1.68. The zero-order valence-corrected chi connectivity index (χ0v) is 16.1. The Morgan fingerprint density at radius 1 is 0.667 bits per heavy atom. The second kappa shape index (κ2) is 7.37. The third-order valence-electron chi connectivity index (χ3n) is 5.26. The number of carbonyl (C=O) groups excluding carboxylic acids is 1. The highest BCUT2D eigenvalue weighted by Crippen LogP contribution is 2.38. The number of hydrogen-bond acceptors (Lipinski definition) is 3. The van der Waals surface area contributed by atoms with Crippen LogP contribution in [0.2, 0.25) is 0 Å². The summed E-state index contributed by atoms with van der Waals surface area (Å²) in [4.78, 5) is 12.9. The SMILES string of the molecule is O=C(Oc1c(-c2ccc3ccccc3c2)ccc2ccccc12)c1ccccc1O. The first-order valence-electron chi connectivity index (χ1n) is 9.72. The van der Waals surface area contributed by atoms with Crippen LogP contribution in [-0.4, -0.2) is 11.1 Å². The molecule has 0 saturated heterocycles. The summed E-state index contributed by atoms with van der Waals surface area (Å²) in [6, 6.07) is 32.5. The summed E-state index contributed by atoms with van der Waals surface area (Å²) in [5.74, 6) is -0.210. The Kier molecular flexibility index (Phi) is 4.41. The molecule has 0 aliphatic heterocycles. The average molecular weight is 390 g/mol. The molecular weight excluding hydrogens is 372 g/mol. The number of carbonyl (C=O) groups is 1. The standard InChI is InChI=1S/C27H18O3/c28-25-12-6-5-11-24(25)27(29)30-26-22-10-4-3-8-19(22)15-16-23(26)21-14-13-18-7-1-2-9-20(18)17-21/h1-17,28H. The van der Waals surface area contributed by atoms with Crippen LogP contribution in [-0.2, 0) is 0 Å². The molecule has 0 radical (unpaired) electrons. The van der Waals surface area contributed by atoms with Crippen molar-refractivity contribution in [3.8, 4) is 22.6 Å². The van der Waals surface area contributed by atoms with E-state index in [1.54, 1.807) is 18.2 Å². The van der Waals surface area contributed by atoms with E-state index in [1.807, 2.05) is 54.6 Å². The van der Waals surface area contributed by atoms with E-state index < -0.39 is 5.97 Å². The quantitative estimate of drug-likeness (QED) is 0.279. The number of aromatic hydroxyl groups is 1. The van der Waals surface area contributed by atoms with Gasteiger partial charge in [0.15, 0.2) is 0 Å². The molecule has 0 amide bonds. The van der Waals surface area contributed by atoms with Crippen molar-refractivity contribution in [3.63, 3.8) is 0 Å². The summed E-state index contributed by atoms with van der Waals surface area (Å²) in [6.45, 7) is 0. The second-order valence-corrected chi connectivity index (χ2v) is 7.13. The fourth-order valence-corrected chi connectivity index (χ4v) is 3.73. The lowest BCUT2D eigenvalue weighted by molar-refractivity contribution is 0.0735. The number of para-hydroxylation sites is 1. The molecule has 3 nitrogen and oxygen atoms in total. The van der Waals surface area contributed by atoms with Crippen LogP contribution in [0.4, 0.5) is 0 Å². The van der Waals surface area contributed by atoms with Crippen LogP contribution in [0.1, 0.15) is 10.4 Å². The summed E-state index contributed by atoms with van der Waals surface area (Å²) in [7, 11) is 0. The van der Waals surface area contributed by atoms with Crippen LogP contribution in [0.15, 0.2) is 103 Å². The summed E-state index contributed by atoms with van der Waals surface area (Å²) >= 11 is 0. The van der Waals surface area contributed by atoms with Crippen molar-refractivity contribution < 1.29 is 14.6 Å². The molecule has 0 saturated carbocycles. The molecule has 144 valence electrons. The van der Waals surface area contributed by atoms with Crippen molar-refractivity contribution >= 4 is 27.5 Å². The van der Waals surface area contributed by atoms with Gasteiger partial charge in [0.1, 0.15) is 17.1 Å². The van der Waals surface area contributed by atoms with Crippen molar-refractivity contribution in [2.75, 3.05) is 0 Å². The molecule has 0 unspecified atom stereocenters. The molecule has 0 heterocycles. The maximum absolute atomic E-state index is 12.9. The maximum atomic E-state index is 12.9. The molecule has 0 bridgehead atoms. The van der Waals surface area contributed by atoms with Crippen LogP contribution in [0.3, 0.4) is 0 Å². The highest BCUT2D eigenvalue weighted by Gasteiger charge is 2.18. The van der Waals surface area contributed by atoms with Gasteiger partial charge in [0, 0.05) is 10.9 Å². The second-order valence-electron chi connectivity index (χ2n) is 7.13. The molecule has 0 aromatic heterocycles. The monoisotopic (exact) mass is 390 g/mol. The summed E-state index contributed by atoms with van der Waals surface area (Å²) in [6.07, 6.45) is 0. The van der Waals surface area contributed by atoms with Crippen LogP contribution in [0.25, 0.3) is 32.7 Å². The number of fused-ring (bicyclic) bond motifs is 2. The van der Waals surface area contributed by atoms with Gasteiger partial charge in [0.05, 0.1) is 0 Å². The number of phenolic OH excluding ortho intramolecular Hbond substituents is 1. The predicted octanol–water partition coefficient (Wildman–Crippen LogP) is 6.58. The average Bonchev–Trinajstić information content (AvgIpc) is 2.79. The third-order valence-corrected chi connectivity index (χ3v) is 5.26. The lowest BCUT2D eigenvalue weighted by Crippen LogP contribution is -2.09. The van der Waals surface area contributed by atoms with Crippen LogP contribution in [0.5, 0.6) is 11.5 Å². The van der Waals surface area contributed by atoms with Crippen LogP contribution >= 0.6 is 0 Å². The zero-order chi connectivity index (χ0) is 20.5. The molecule has 0 atom stereocenters. The van der Waals surface area contributed by atoms with Gasteiger partial charge in [-0.25, -0.2) is 4.79 Å². The Bertz CT molecular complexity index is 1400. The van der Waals surface area contributed by atoms with E-state index in [2.05, 4.69) is 24.3 Å². The van der Waals surface area contributed by atoms with E-state index in [9.17, 15) is 9.90 Å². The molecular formula is C27H18O3. The van der Waals surface area contributed by atoms with Gasteiger partial charge in [-0.3, -0.25) is 0 Å². The Labute approximate surface area is 173 Å². The maximum Gasteiger partial charge on any atom is 0.347 e. The minimum absolute atomic E-state index is 0.102. The molecule has 1 N–H and O–H groups in total. The topological polar surface area (TPSA) is 46.5 Å². The van der Waals surface area contributed by atoms with Gasteiger partial charge in [-0.15, -0.1) is 0 Å². The molecule has 5 aromatic carbocycles. The summed E-state index contributed by atoms with van der Waals surface area (Å²) < 4.78 is 5.89. The van der Waals surface area contributed by atoms with Gasteiger partial charge < -0.3 is 9.84 Å². The molecule has 3 heteroatoms. The van der Waals surface area contributed by atoms with Crippen molar-refractivity contribution in [2.45, 2.75) is 0 Å². The molecule has 0 aliphatic rings. The van der Waals surface area contributed by atoms with Crippen molar-refractivity contribution in [2.24, 2.45) is 0 Å². The van der Waals surface area contributed by atoms with Crippen molar-refractivity contribution in [3.05, 3.63) is 109 Å². The fourth-order valence-electron chi connectivity index (χ4n) is 3.73. The first kappa shape index (κ1) is 18.0. The molecule has 0 fully saturated rings. The first-order chi connectivity index (χ1) is 14.7. The summed E-state index contributed by atoms with van der Waals surface area (Å²) in [5, 5.41) is 14.2. The Morgan fingerprint density at radius 2 is 1.33 bits per heavy atom. The smallest absolute Gasteiger partial charge is 0.347 e. The van der Waals surface area contributed by atoms with E-state index in [1.165, 1.54) is 6.07 Å². The number of esters is 1. The Hall–Kier alpha value is -4.11. The molecule has 30 heavy (non-hydrogen) atoms. The van der Waals surface area contributed by atoms with E-state index >= 15 is 0 Å². The molecule has 0 spiro atoms. The number of benzene rings is 5. The van der Waals surface area contributed by atoms with Crippen molar-refractivity contribution in [1.82, 2.24) is 0 Å². The number of phenols is 1. The van der Waals surface area contributed by atoms with Gasteiger partial charge in [-0.1, -0.05) is 78.9 Å². The first-order valence-corrected chi connectivity index (χ1v) is 9.72. The molecule has 0 aliphatic carbocycles. The zero-order valence-electron chi connectivity index (χ0n) is 16.1. The van der Waals surface area contributed by atoms with Gasteiger partial charge in [-0.05, 0) is 46.0 Å². The highest BCUT2D eigenvalue weighted by atomic mass is 16.5. The minimum atomic E-state index is -0.591. The summed E-state index contributed by atoms with van der Waals surface area (Å²) in [5.41, 5.74) is 1.91. The van der Waals surface area contributed by atoms with E-state index in [-0.39, 0.29) is 11.3 Å². The van der Waals surface area contributed by atoms with E-state index in [0.29, 0.717) is 5.75 Å². The lowest BCUT2D eigenvalue weighted by Gasteiger charge is -2.14. The van der Waals surface area contributed by atoms with Gasteiger partial charge in [-0.2, -0.15) is 0 Å². The van der Waals surface area contributed by atoms with Gasteiger partial charge in [0.25, 0.3) is 0 Å². The molecule has 5 aromatic rings.